The number of aryl methyl sites for hydroxylation is 1. The van der Waals surface area contributed by atoms with E-state index in [9.17, 15) is 14.4 Å². The molecule has 4 heteroatoms. The van der Waals surface area contributed by atoms with E-state index in [-0.39, 0.29) is 5.30 Å². The van der Waals surface area contributed by atoms with Crippen molar-refractivity contribution in [3.05, 3.63) is 54.1 Å². The van der Waals surface area contributed by atoms with Gasteiger partial charge in [0.1, 0.15) is 0 Å². The second-order valence-corrected chi connectivity index (χ2v) is 5.61. The number of hydrogen-bond acceptors (Lipinski definition) is 1. The van der Waals surface area contributed by atoms with E-state index in [0.29, 0.717) is 17.5 Å². The molecule has 0 saturated carbocycles. The highest BCUT2D eigenvalue weighted by Gasteiger charge is 2.25. The van der Waals surface area contributed by atoms with E-state index in [0.717, 1.165) is 5.56 Å². The Morgan fingerprint density at radius 1 is 1.00 bits per heavy atom. The van der Waals surface area contributed by atoms with E-state index >= 15 is 0 Å². The van der Waals surface area contributed by atoms with Crippen LogP contribution in [-0.2, 0) is 11.0 Å². The zero-order chi connectivity index (χ0) is 13.2. The van der Waals surface area contributed by atoms with Gasteiger partial charge >= 0.3 is 7.60 Å². The lowest BCUT2D eigenvalue weighted by molar-refractivity contribution is 0.387. The Bertz CT molecular complexity index is 587. The Labute approximate surface area is 106 Å². The Kier molecular flexibility index (Phi) is 3.67. The molecule has 2 aromatic carbocycles. The second-order valence-electron chi connectivity index (χ2n) is 4.08. The van der Waals surface area contributed by atoms with Crippen molar-refractivity contribution >= 4 is 12.9 Å². The molecule has 0 heterocycles. The molecule has 0 atom stereocenters. The Balaban J connectivity index is 2.72. The van der Waals surface area contributed by atoms with Crippen LogP contribution in [-0.4, -0.2) is 9.79 Å². The molecule has 3 nitrogen and oxygen atoms in total. The standard InChI is InChI=1S/C14H15O3P/c1-2-11-9-6-10-13(14(11)18(15,16)17)12-7-4-3-5-8-12/h3-10H,2H2,1H3,(H2,15,16,17). The fraction of sp³-hybridized carbons (Fsp3) is 0.143. The maximum absolute atomic E-state index is 11.7. The summed E-state index contributed by atoms with van der Waals surface area (Å²) < 4.78 is 11.7. The van der Waals surface area contributed by atoms with Gasteiger partial charge in [0.2, 0.25) is 0 Å². The quantitative estimate of drug-likeness (QED) is 0.836. The SMILES string of the molecule is CCc1cccc(-c2ccccc2)c1P(=O)(O)O. The number of benzene rings is 2. The van der Waals surface area contributed by atoms with Gasteiger partial charge in [-0.2, -0.15) is 0 Å². The van der Waals surface area contributed by atoms with Crippen molar-refractivity contribution in [1.82, 2.24) is 0 Å². The average Bonchev–Trinajstić information content (AvgIpc) is 2.38. The molecule has 0 radical (unpaired) electrons. The third-order valence-electron chi connectivity index (χ3n) is 2.88. The van der Waals surface area contributed by atoms with Crippen LogP contribution in [0.5, 0.6) is 0 Å². The molecule has 0 amide bonds. The molecule has 94 valence electrons. The number of hydrogen-bond donors (Lipinski definition) is 2. The van der Waals surface area contributed by atoms with Crippen LogP contribution in [0.3, 0.4) is 0 Å². The fourth-order valence-corrected chi connectivity index (χ4v) is 3.20. The topological polar surface area (TPSA) is 57.5 Å². The van der Waals surface area contributed by atoms with Gasteiger partial charge in [-0.25, -0.2) is 0 Å². The van der Waals surface area contributed by atoms with E-state index < -0.39 is 7.60 Å². The van der Waals surface area contributed by atoms with Gasteiger partial charge in [-0.05, 0) is 23.1 Å². The van der Waals surface area contributed by atoms with Crippen LogP contribution in [0.15, 0.2) is 48.5 Å². The smallest absolute Gasteiger partial charge is 0.321 e. The van der Waals surface area contributed by atoms with Gasteiger partial charge in [-0.15, -0.1) is 0 Å². The van der Waals surface area contributed by atoms with Crippen LogP contribution >= 0.6 is 7.60 Å². The summed E-state index contributed by atoms with van der Waals surface area (Å²) in [5, 5.41) is 0.152. The van der Waals surface area contributed by atoms with Crippen molar-refractivity contribution in [3.8, 4) is 11.1 Å². The van der Waals surface area contributed by atoms with Crippen LogP contribution < -0.4 is 5.30 Å². The highest BCUT2D eigenvalue weighted by Crippen LogP contribution is 2.39. The fourth-order valence-electron chi connectivity index (χ4n) is 2.07. The molecule has 18 heavy (non-hydrogen) atoms. The molecule has 0 bridgehead atoms. The normalized spacial score (nSPS) is 11.5. The first-order valence-electron chi connectivity index (χ1n) is 5.77. The Morgan fingerprint density at radius 2 is 1.67 bits per heavy atom. The second kappa shape index (κ2) is 5.07. The van der Waals surface area contributed by atoms with Gasteiger partial charge in [0.05, 0.1) is 5.30 Å². The molecule has 0 saturated heterocycles. The summed E-state index contributed by atoms with van der Waals surface area (Å²) in [6, 6.07) is 14.7. The van der Waals surface area contributed by atoms with Crippen molar-refractivity contribution < 1.29 is 14.4 Å². The first kappa shape index (κ1) is 13.0. The first-order chi connectivity index (χ1) is 8.54. The molecule has 0 aliphatic rings. The van der Waals surface area contributed by atoms with Gasteiger partial charge in [0, 0.05) is 0 Å². The monoisotopic (exact) mass is 262 g/mol. The van der Waals surface area contributed by atoms with E-state index in [2.05, 4.69) is 0 Å². The lowest BCUT2D eigenvalue weighted by atomic mass is 10.0. The van der Waals surface area contributed by atoms with E-state index in [1.807, 2.05) is 43.3 Å². The van der Waals surface area contributed by atoms with Crippen molar-refractivity contribution in [2.75, 3.05) is 0 Å². The van der Waals surface area contributed by atoms with Crippen LogP contribution in [0, 0.1) is 0 Å². The largest absolute Gasteiger partial charge is 0.357 e. The molecule has 2 aromatic rings. The average molecular weight is 262 g/mol. The molecule has 0 fully saturated rings. The molecule has 0 spiro atoms. The molecular weight excluding hydrogens is 247 g/mol. The van der Waals surface area contributed by atoms with Crippen LogP contribution in [0.4, 0.5) is 0 Å². The summed E-state index contributed by atoms with van der Waals surface area (Å²) in [4.78, 5) is 19.1. The summed E-state index contributed by atoms with van der Waals surface area (Å²) in [6.45, 7) is 1.89. The maximum Gasteiger partial charge on any atom is 0.357 e. The van der Waals surface area contributed by atoms with Crippen LogP contribution in [0.2, 0.25) is 0 Å². The predicted molar refractivity (Wildman–Crippen MR) is 72.9 cm³/mol. The summed E-state index contributed by atoms with van der Waals surface area (Å²) in [5.74, 6) is 0. The van der Waals surface area contributed by atoms with Gasteiger partial charge in [0.25, 0.3) is 0 Å². The van der Waals surface area contributed by atoms with Gasteiger partial charge in [0.15, 0.2) is 0 Å². The Hall–Kier alpha value is -1.41. The minimum absolute atomic E-state index is 0.152. The minimum atomic E-state index is -4.28. The van der Waals surface area contributed by atoms with Gasteiger partial charge in [-0.3, -0.25) is 4.57 Å². The third-order valence-corrected chi connectivity index (χ3v) is 3.99. The van der Waals surface area contributed by atoms with E-state index in [1.165, 1.54) is 0 Å². The van der Waals surface area contributed by atoms with Crippen LogP contribution in [0.1, 0.15) is 12.5 Å². The molecule has 0 aliphatic carbocycles. The lowest BCUT2D eigenvalue weighted by Gasteiger charge is -2.15. The van der Waals surface area contributed by atoms with E-state index in [1.54, 1.807) is 12.1 Å². The van der Waals surface area contributed by atoms with Crippen molar-refractivity contribution in [3.63, 3.8) is 0 Å². The molecule has 2 rings (SSSR count). The Morgan fingerprint density at radius 3 is 2.22 bits per heavy atom. The molecule has 0 aliphatic heterocycles. The summed E-state index contributed by atoms with van der Waals surface area (Å²) in [6.07, 6.45) is 0.598. The lowest BCUT2D eigenvalue weighted by Crippen LogP contribution is -2.13. The number of rotatable bonds is 3. The summed E-state index contributed by atoms with van der Waals surface area (Å²) in [7, 11) is -4.28. The van der Waals surface area contributed by atoms with Crippen LogP contribution in [0.25, 0.3) is 11.1 Å². The minimum Gasteiger partial charge on any atom is -0.321 e. The van der Waals surface area contributed by atoms with E-state index in [4.69, 9.17) is 0 Å². The van der Waals surface area contributed by atoms with Gasteiger partial charge < -0.3 is 9.79 Å². The zero-order valence-electron chi connectivity index (χ0n) is 10.1. The highest BCUT2D eigenvalue weighted by atomic mass is 31.2. The zero-order valence-corrected chi connectivity index (χ0v) is 11.0. The van der Waals surface area contributed by atoms with Crippen molar-refractivity contribution in [2.24, 2.45) is 0 Å². The van der Waals surface area contributed by atoms with Gasteiger partial charge in [-0.1, -0.05) is 55.5 Å². The first-order valence-corrected chi connectivity index (χ1v) is 7.38. The van der Waals surface area contributed by atoms with Crippen molar-refractivity contribution in [1.29, 1.82) is 0 Å². The molecular formula is C14H15O3P. The molecule has 0 unspecified atom stereocenters. The summed E-state index contributed by atoms with van der Waals surface area (Å²) >= 11 is 0. The third kappa shape index (κ3) is 2.54. The maximum atomic E-state index is 11.7. The molecule has 0 aromatic heterocycles. The predicted octanol–water partition coefficient (Wildman–Crippen LogP) is 2.72. The highest BCUT2D eigenvalue weighted by molar-refractivity contribution is 7.60. The molecule has 2 N–H and O–H groups in total. The summed E-state index contributed by atoms with van der Waals surface area (Å²) in [5.41, 5.74) is 2.14. The van der Waals surface area contributed by atoms with Crippen molar-refractivity contribution in [2.45, 2.75) is 13.3 Å².